The molecule has 0 aromatic heterocycles. The molecule has 0 fully saturated rings. The lowest BCUT2D eigenvalue weighted by molar-refractivity contribution is -0.870. The molecule has 0 bridgehead atoms. The second-order valence-electron chi connectivity index (χ2n) is 21.0. The summed E-state index contributed by atoms with van der Waals surface area (Å²) in [6.45, 7) is 4.24. The minimum Gasteiger partial charge on any atom is -0.756 e. The lowest BCUT2D eigenvalue weighted by Gasteiger charge is -2.28. The van der Waals surface area contributed by atoms with Gasteiger partial charge in [0.15, 0.2) is 6.10 Å². The summed E-state index contributed by atoms with van der Waals surface area (Å²) < 4.78 is 34.2. The number of hydrogen-bond donors (Lipinski definition) is 0. The Balaban J connectivity index is 4.12. The number of ether oxygens (including phenoxy) is 2. The van der Waals surface area contributed by atoms with Crippen LogP contribution in [-0.2, 0) is 32.7 Å². The summed E-state index contributed by atoms with van der Waals surface area (Å²) in [5.74, 6) is -0.831. The van der Waals surface area contributed by atoms with Crippen molar-refractivity contribution in [2.24, 2.45) is 0 Å². The summed E-state index contributed by atoms with van der Waals surface area (Å²) >= 11 is 0. The van der Waals surface area contributed by atoms with Crippen molar-refractivity contribution in [3.05, 3.63) is 48.6 Å². The molecule has 0 saturated heterocycles. The summed E-state index contributed by atoms with van der Waals surface area (Å²) in [5, 5.41) is 0. The Hall–Kier alpha value is -2.03. The highest BCUT2D eigenvalue weighted by Gasteiger charge is 2.22. The molecule has 0 rings (SSSR count). The Morgan fingerprint density at radius 3 is 1.16 bits per heavy atom. The van der Waals surface area contributed by atoms with Gasteiger partial charge in [0.25, 0.3) is 7.82 Å². The minimum absolute atomic E-state index is 0.0315. The Labute approximate surface area is 433 Å². The van der Waals surface area contributed by atoms with Crippen LogP contribution in [-0.4, -0.2) is 70.0 Å². The zero-order valence-electron chi connectivity index (χ0n) is 46.5. The molecular weight excluding hydrogens is 894 g/mol. The molecule has 0 saturated carbocycles. The molecule has 70 heavy (non-hydrogen) atoms. The fraction of sp³-hybridized carbons (Fsp3) is 0.833. The second kappa shape index (κ2) is 51.9. The fourth-order valence-electron chi connectivity index (χ4n) is 8.25. The van der Waals surface area contributed by atoms with Crippen molar-refractivity contribution in [1.82, 2.24) is 0 Å². The molecule has 0 radical (unpaired) electrons. The van der Waals surface area contributed by atoms with E-state index in [1.807, 2.05) is 21.1 Å². The lowest BCUT2D eigenvalue weighted by Crippen LogP contribution is -2.37. The first-order chi connectivity index (χ1) is 34.0. The van der Waals surface area contributed by atoms with Gasteiger partial charge in [-0.15, -0.1) is 0 Å². The number of esters is 2. The number of carbonyl (C=O) groups excluding carboxylic acids is 2. The van der Waals surface area contributed by atoms with Crippen LogP contribution < -0.4 is 4.89 Å². The van der Waals surface area contributed by atoms with Crippen molar-refractivity contribution in [3.63, 3.8) is 0 Å². The van der Waals surface area contributed by atoms with E-state index >= 15 is 0 Å². The number of allylic oxidation sites excluding steroid dienone is 8. The first kappa shape index (κ1) is 68.0. The van der Waals surface area contributed by atoms with E-state index in [1.165, 1.54) is 173 Å². The maximum Gasteiger partial charge on any atom is 0.306 e. The highest BCUT2D eigenvalue weighted by molar-refractivity contribution is 7.45. The van der Waals surface area contributed by atoms with E-state index in [1.54, 1.807) is 0 Å². The van der Waals surface area contributed by atoms with Gasteiger partial charge < -0.3 is 27.9 Å². The lowest BCUT2D eigenvalue weighted by atomic mass is 10.0. The molecule has 0 aromatic carbocycles. The monoisotopic (exact) mass is 1010 g/mol. The van der Waals surface area contributed by atoms with E-state index < -0.39 is 26.5 Å². The van der Waals surface area contributed by atoms with E-state index in [-0.39, 0.29) is 32.0 Å². The molecule has 0 spiro atoms. The number of phosphoric ester groups is 1. The molecule has 2 atom stereocenters. The van der Waals surface area contributed by atoms with Crippen LogP contribution in [0.1, 0.15) is 271 Å². The minimum atomic E-state index is -4.64. The van der Waals surface area contributed by atoms with Crippen LogP contribution in [0.3, 0.4) is 0 Å². The van der Waals surface area contributed by atoms with E-state index in [4.69, 9.17) is 18.5 Å². The van der Waals surface area contributed by atoms with Crippen LogP contribution in [0.4, 0.5) is 0 Å². The van der Waals surface area contributed by atoms with Crippen LogP contribution in [0.15, 0.2) is 48.6 Å². The van der Waals surface area contributed by atoms with Crippen molar-refractivity contribution in [2.45, 2.75) is 277 Å². The van der Waals surface area contributed by atoms with E-state index in [9.17, 15) is 19.0 Å². The molecule has 0 heterocycles. The van der Waals surface area contributed by atoms with Crippen LogP contribution >= 0.6 is 7.82 Å². The zero-order valence-corrected chi connectivity index (χ0v) is 47.4. The smallest absolute Gasteiger partial charge is 0.306 e. The number of likely N-dealkylation sites (N-methyl/N-ethyl adjacent to an activating group) is 1. The quantitative estimate of drug-likeness (QED) is 0.0195. The molecule has 2 unspecified atom stereocenters. The van der Waals surface area contributed by atoms with Gasteiger partial charge in [0.05, 0.1) is 27.7 Å². The fourth-order valence-corrected chi connectivity index (χ4v) is 8.98. The van der Waals surface area contributed by atoms with Gasteiger partial charge in [0.2, 0.25) is 0 Å². The molecule has 9 nitrogen and oxygen atoms in total. The Morgan fingerprint density at radius 1 is 0.443 bits per heavy atom. The molecule has 0 aromatic rings. The van der Waals surface area contributed by atoms with Crippen molar-refractivity contribution in [2.75, 3.05) is 47.5 Å². The maximum absolute atomic E-state index is 12.8. The van der Waals surface area contributed by atoms with Crippen molar-refractivity contribution in [1.29, 1.82) is 0 Å². The molecule has 0 aliphatic heterocycles. The average Bonchev–Trinajstić information content (AvgIpc) is 3.32. The number of nitrogens with zero attached hydrogens (tertiary/aromatic N) is 1. The first-order valence-electron chi connectivity index (χ1n) is 29.3. The van der Waals surface area contributed by atoms with Crippen LogP contribution in [0.2, 0.25) is 0 Å². The Kier molecular flexibility index (Phi) is 50.4. The first-order valence-corrected chi connectivity index (χ1v) is 30.8. The van der Waals surface area contributed by atoms with Crippen LogP contribution in [0.5, 0.6) is 0 Å². The molecule has 0 aliphatic rings. The van der Waals surface area contributed by atoms with Crippen LogP contribution in [0, 0.1) is 0 Å². The predicted octanol–water partition coefficient (Wildman–Crippen LogP) is 17.5. The third kappa shape index (κ3) is 55.3. The second-order valence-corrected chi connectivity index (χ2v) is 22.4. The number of carbonyl (C=O) groups is 2. The van der Waals surface area contributed by atoms with Gasteiger partial charge >= 0.3 is 11.9 Å². The molecular formula is C60H112NO8P. The number of phosphoric acid groups is 1. The molecule has 410 valence electrons. The average molecular weight is 1010 g/mol. The van der Waals surface area contributed by atoms with Gasteiger partial charge in [-0.05, 0) is 77.0 Å². The van der Waals surface area contributed by atoms with Gasteiger partial charge in [-0.25, -0.2) is 0 Å². The topological polar surface area (TPSA) is 111 Å². The highest BCUT2D eigenvalue weighted by Crippen LogP contribution is 2.38. The van der Waals surface area contributed by atoms with Gasteiger partial charge in [-0.3, -0.25) is 14.2 Å². The van der Waals surface area contributed by atoms with E-state index in [0.29, 0.717) is 17.4 Å². The van der Waals surface area contributed by atoms with E-state index in [0.717, 1.165) is 64.2 Å². The Morgan fingerprint density at radius 2 is 0.771 bits per heavy atom. The van der Waals surface area contributed by atoms with Gasteiger partial charge in [0, 0.05) is 12.8 Å². The van der Waals surface area contributed by atoms with Gasteiger partial charge in [-0.1, -0.05) is 229 Å². The molecule has 0 N–H and O–H groups in total. The summed E-state index contributed by atoms with van der Waals surface area (Å²) in [4.78, 5) is 37.8. The van der Waals surface area contributed by atoms with E-state index in [2.05, 4.69) is 62.5 Å². The maximum atomic E-state index is 12.8. The summed E-state index contributed by atoms with van der Waals surface area (Å²) in [5.41, 5.74) is 0. The van der Waals surface area contributed by atoms with Crippen molar-refractivity contribution < 1.29 is 42.1 Å². The summed E-state index contributed by atoms with van der Waals surface area (Å²) in [6.07, 6.45) is 64.4. The zero-order chi connectivity index (χ0) is 51.3. The molecule has 0 amide bonds. The standard InChI is InChI=1S/C60H112NO8P/c1-6-8-10-12-14-16-18-20-22-24-25-26-27-28-29-30-31-32-33-34-35-37-39-41-43-45-47-49-51-53-60(63)69-58(57-68-70(64,65)67-55-54-61(3,4)5)56-66-59(62)52-50-48-46-44-42-40-38-36-23-21-19-17-15-13-11-9-7-2/h18,20-21,23-25,27-28,58H,6-17,19,22,26,29-57H2,1-5H3/b20-18-,23-21-,25-24-,28-27-. The van der Waals surface area contributed by atoms with Gasteiger partial charge in [-0.2, -0.15) is 0 Å². The molecule has 0 aliphatic carbocycles. The van der Waals surface area contributed by atoms with Crippen LogP contribution in [0.25, 0.3) is 0 Å². The largest absolute Gasteiger partial charge is 0.756 e. The summed E-state index contributed by atoms with van der Waals surface area (Å²) in [6, 6.07) is 0. The van der Waals surface area contributed by atoms with Crippen molar-refractivity contribution in [3.8, 4) is 0 Å². The van der Waals surface area contributed by atoms with Crippen molar-refractivity contribution >= 4 is 19.8 Å². The normalized spacial score (nSPS) is 13.6. The number of quaternary nitrogens is 1. The molecule has 10 heteroatoms. The Bertz CT molecular complexity index is 1320. The number of unbranched alkanes of at least 4 members (excludes halogenated alkanes) is 32. The SMILES string of the molecule is CCCCCCC/C=C\C/C=C\C/C=C\CCCCCCCCCCCCCCCCC(=O)OC(COC(=O)CCCCCCCCC/C=C\CCCCCCCC)COP(=O)([O-])OCC[N+](C)(C)C. The number of rotatable bonds is 54. The highest BCUT2D eigenvalue weighted by atomic mass is 31.2. The number of hydrogen-bond acceptors (Lipinski definition) is 8. The third-order valence-electron chi connectivity index (χ3n) is 12.8. The third-order valence-corrected chi connectivity index (χ3v) is 13.8. The van der Waals surface area contributed by atoms with Gasteiger partial charge in [0.1, 0.15) is 19.8 Å². The summed E-state index contributed by atoms with van der Waals surface area (Å²) in [7, 11) is 1.17. The predicted molar refractivity (Wildman–Crippen MR) is 296 cm³/mol.